The lowest BCUT2D eigenvalue weighted by Gasteiger charge is -2.11. The summed E-state index contributed by atoms with van der Waals surface area (Å²) in [5, 5.41) is -0.200. The van der Waals surface area contributed by atoms with Crippen molar-refractivity contribution < 1.29 is 9.13 Å². The Labute approximate surface area is 149 Å². The van der Waals surface area contributed by atoms with Gasteiger partial charge in [0.05, 0.1) is 13.2 Å². The Bertz CT molecular complexity index is 933. The number of aromatic nitrogens is 1. The maximum Gasteiger partial charge on any atom is 0.254 e. The van der Waals surface area contributed by atoms with Gasteiger partial charge in [-0.15, -0.1) is 11.3 Å². The third-order valence-electron chi connectivity index (χ3n) is 4.04. The minimum absolute atomic E-state index is 0.138. The normalized spacial score (nSPS) is 10.8. The second-order valence-electron chi connectivity index (χ2n) is 5.76. The van der Waals surface area contributed by atoms with Gasteiger partial charge >= 0.3 is 0 Å². The van der Waals surface area contributed by atoms with Crippen molar-refractivity contribution >= 4 is 17.0 Å². The minimum Gasteiger partial charge on any atom is -0.493 e. The van der Waals surface area contributed by atoms with Gasteiger partial charge < -0.3 is 15.0 Å². The van der Waals surface area contributed by atoms with Crippen molar-refractivity contribution in [1.82, 2.24) is 4.57 Å². The average molecular weight is 358 g/mol. The molecule has 6 heteroatoms. The Morgan fingerprint density at radius 1 is 1.24 bits per heavy atom. The summed E-state index contributed by atoms with van der Waals surface area (Å²) in [6.07, 6.45) is 2.32. The van der Waals surface area contributed by atoms with Crippen LogP contribution >= 0.6 is 11.3 Å². The van der Waals surface area contributed by atoms with Crippen molar-refractivity contribution in [2.45, 2.75) is 19.9 Å². The Morgan fingerprint density at radius 3 is 2.80 bits per heavy atom. The number of pyridine rings is 1. The Kier molecular flexibility index (Phi) is 5.19. The van der Waals surface area contributed by atoms with E-state index in [0.29, 0.717) is 25.3 Å². The summed E-state index contributed by atoms with van der Waals surface area (Å²) in [7, 11) is 0. The van der Waals surface area contributed by atoms with Crippen LogP contribution < -0.4 is 16.0 Å². The third kappa shape index (κ3) is 4.28. The van der Waals surface area contributed by atoms with E-state index in [9.17, 15) is 9.18 Å². The smallest absolute Gasteiger partial charge is 0.254 e. The molecule has 2 aromatic heterocycles. The fourth-order valence-corrected chi connectivity index (χ4v) is 3.23. The number of anilines is 1. The number of nitrogen functional groups attached to an aromatic ring is 1. The van der Waals surface area contributed by atoms with E-state index < -0.39 is 0 Å². The number of nitrogens with zero attached hydrogens (tertiary/aromatic N) is 1. The Hall–Kier alpha value is -2.60. The van der Waals surface area contributed by atoms with Crippen LogP contribution in [-0.2, 0) is 13.0 Å². The van der Waals surface area contributed by atoms with Crippen LogP contribution in [-0.4, -0.2) is 11.2 Å². The van der Waals surface area contributed by atoms with Crippen LogP contribution in [0, 0.1) is 12.1 Å². The molecule has 0 radical (unpaired) electrons. The second kappa shape index (κ2) is 7.53. The number of hydrogen-bond acceptors (Lipinski definition) is 4. The quantitative estimate of drug-likeness (QED) is 0.685. The second-order valence-corrected chi connectivity index (χ2v) is 6.88. The number of ether oxygens (including phenoxy) is 1. The zero-order valence-corrected chi connectivity index (χ0v) is 14.7. The fraction of sp³-hybridized carbons (Fsp3) is 0.211. The molecule has 0 fully saturated rings. The minimum atomic E-state index is -0.200. The molecule has 0 aliphatic rings. The Balaban J connectivity index is 1.64. The highest BCUT2D eigenvalue weighted by molar-refractivity contribution is 7.10. The summed E-state index contributed by atoms with van der Waals surface area (Å²) >= 11 is 1.11. The van der Waals surface area contributed by atoms with Crippen LogP contribution in [0.1, 0.15) is 16.0 Å². The molecule has 0 spiro atoms. The maximum atomic E-state index is 12.9. The highest BCUT2D eigenvalue weighted by atomic mass is 32.1. The summed E-state index contributed by atoms with van der Waals surface area (Å²) in [5.74, 6) is 0.516. The van der Waals surface area contributed by atoms with E-state index in [-0.39, 0.29) is 10.7 Å². The topological polar surface area (TPSA) is 57.2 Å². The van der Waals surface area contributed by atoms with Crippen molar-refractivity contribution in [3.63, 3.8) is 0 Å². The van der Waals surface area contributed by atoms with E-state index in [1.54, 1.807) is 22.9 Å². The van der Waals surface area contributed by atoms with Crippen LogP contribution in [0.2, 0.25) is 0 Å². The molecule has 25 heavy (non-hydrogen) atoms. The highest BCUT2D eigenvalue weighted by Crippen LogP contribution is 2.17. The van der Waals surface area contributed by atoms with E-state index in [4.69, 9.17) is 10.5 Å². The van der Waals surface area contributed by atoms with Gasteiger partial charge in [-0.2, -0.15) is 4.39 Å². The maximum absolute atomic E-state index is 12.9. The number of halogens is 1. The van der Waals surface area contributed by atoms with Gasteiger partial charge in [0, 0.05) is 29.2 Å². The van der Waals surface area contributed by atoms with Crippen LogP contribution in [0.25, 0.3) is 0 Å². The zero-order chi connectivity index (χ0) is 17.8. The van der Waals surface area contributed by atoms with E-state index in [1.807, 2.05) is 25.1 Å². The molecule has 0 aliphatic heterocycles. The van der Waals surface area contributed by atoms with Crippen molar-refractivity contribution in [2.24, 2.45) is 0 Å². The van der Waals surface area contributed by atoms with Gasteiger partial charge in [0.2, 0.25) is 0 Å². The predicted molar refractivity (Wildman–Crippen MR) is 98.9 cm³/mol. The Morgan fingerprint density at radius 2 is 2.08 bits per heavy atom. The first-order valence-electron chi connectivity index (χ1n) is 7.94. The lowest BCUT2D eigenvalue weighted by Crippen LogP contribution is -2.20. The molecule has 2 N–H and O–H groups in total. The molecule has 130 valence electrons. The predicted octanol–water partition coefficient (Wildman–Crippen LogP) is 3.61. The van der Waals surface area contributed by atoms with Crippen molar-refractivity contribution in [3.05, 3.63) is 80.2 Å². The molecule has 0 amide bonds. The molecule has 3 aromatic rings. The molecule has 0 aliphatic carbocycles. The van der Waals surface area contributed by atoms with Gasteiger partial charge in [0.25, 0.3) is 5.56 Å². The van der Waals surface area contributed by atoms with E-state index in [0.717, 1.165) is 33.0 Å². The first-order valence-corrected chi connectivity index (χ1v) is 8.76. The summed E-state index contributed by atoms with van der Waals surface area (Å²) < 4.78 is 20.1. The number of nitrogens with two attached hydrogens (primary N) is 1. The molecular weight excluding hydrogens is 339 g/mol. The number of benzene rings is 1. The van der Waals surface area contributed by atoms with Crippen LogP contribution in [0.5, 0.6) is 5.75 Å². The largest absolute Gasteiger partial charge is 0.493 e. The molecule has 2 heterocycles. The van der Waals surface area contributed by atoms with E-state index >= 15 is 0 Å². The van der Waals surface area contributed by atoms with Crippen LogP contribution in [0.3, 0.4) is 0 Å². The SMILES string of the molecule is Cc1c(N)cccc1Cn1ccc(OCCc2ccc(F)s2)cc1=O. The summed E-state index contributed by atoms with van der Waals surface area (Å²) in [5.41, 5.74) is 8.49. The van der Waals surface area contributed by atoms with Gasteiger partial charge in [-0.05, 0) is 42.3 Å². The summed E-state index contributed by atoms with van der Waals surface area (Å²) in [6.45, 7) is 2.81. The molecule has 3 rings (SSSR count). The lowest BCUT2D eigenvalue weighted by molar-refractivity contribution is 0.321. The molecule has 4 nitrogen and oxygen atoms in total. The van der Waals surface area contributed by atoms with Gasteiger partial charge in [0.1, 0.15) is 5.75 Å². The van der Waals surface area contributed by atoms with Gasteiger partial charge in [0.15, 0.2) is 5.13 Å². The van der Waals surface area contributed by atoms with Gasteiger partial charge in [-0.1, -0.05) is 12.1 Å². The average Bonchev–Trinajstić information content (AvgIpc) is 2.99. The van der Waals surface area contributed by atoms with Crippen molar-refractivity contribution in [2.75, 3.05) is 12.3 Å². The van der Waals surface area contributed by atoms with Crippen LogP contribution in [0.15, 0.2) is 53.5 Å². The lowest BCUT2D eigenvalue weighted by atomic mass is 10.1. The molecule has 0 saturated heterocycles. The number of rotatable bonds is 6. The number of hydrogen-bond donors (Lipinski definition) is 1. The standard InChI is InChI=1S/C19H19FN2O2S/c1-13-14(3-2-4-17(13)21)12-22-9-7-15(11-19(22)23)24-10-8-16-5-6-18(20)25-16/h2-7,9,11H,8,10,12,21H2,1H3. The molecule has 0 atom stereocenters. The van der Waals surface area contributed by atoms with Gasteiger partial charge in [-0.3, -0.25) is 4.79 Å². The monoisotopic (exact) mass is 358 g/mol. The molecule has 0 saturated carbocycles. The van der Waals surface area contributed by atoms with E-state index in [1.165, 1.54) is 12.1 Å². The zero-order valence-electron chi connectivity index (χ0n) is 13.9. The van der Waals surface area contributed by atoms with Gasteiger partial charge in [-0.25, -0.2) is 0 Å². The van der Waals surface area contributed by atoms with E-state index in [2.05, 4.69) is 0 Å². The molecule has 0 unspecified atom stereocenters. The summed E-state index contributed by atoms with van der Waals surface area (Å²) in [6, 6.07) is 12.1. The molecule has 0 bridgehead atoms. The third-order valence-corrected chi connectivity index (χ3v) is 4.98. The number of thiophene rings is 1. The summed E-state index contributed by atoms with van der Waals surface area (Å²) in [4.78, 5) is 13.2. The van der Waals surface area contributed by atoms with Crippen molar-refractivity contribution in [1.29, 1.82) is 0 Å². The molecule has 1 aromatic carbocycles. The molecular formula is C19H19FN2O2S. The highest BCUT2D eigenvalue weighted by Gasteiger charge is 2.05. The first kappa shape index (κ1) is 17.2. The fourth-order valence-electron chi connectivity index (χ4n) is 2.52. The van der Waals surface area contributed by atoms with Crippen LogP contribution in [0.4, 0.5) is 10.1 Å². The first-order chi connectivity index (χ1) is 12.0. The van der Waals surface area contributed by atoms with Crippen molar-refractivity contribution in [3.8, 4) is 5.75 Å².